The molecular formula is C19H22N10S2. The minimum Gasteiger partial charge on any atom is -0.369 e. The molecule has 12 heteroatoms. The van der Waals surface area contributed by atoms with E-state index in [0.29, 0.717) is 22.0 Å². The van der Waals surface area contributed by atoms with E-state index in [9.17, 15) is 0 Å². The number of tetrazole rings is 1. The minimum atomic E-state index is 0.404. The lowest BCUT2D eigenvalue weighted by molar-refractivity contribution is 0.589. The van der Waals surface area contributed by atoms with Gasteiger partial charge < -0.3 is 9.80 Å². The number of anilines is 3. The van der Waals surface area contributed by atoms with Crippen LogP contribution in [0, 0.1) is 4.77 Å². The number of H-pyrrole nitrogens is 1. The number of hydrazine groups is 3. The van der Waals surface area contributed by atoms with Gasteiger partial charge in [-0.15, -0.1) is 5.53 Å². The van der Waals surface area contributed by atoms with Gasteiger partial charge in [0.2, 0.25) is 9.88 Å². The van der Waals surface area contributed by atoms with Crippen molar-refractivity contribution in [1.82, 2.24) is 36.7 Å². The molecule has 1 aromatic heterocycles. The molecule has 0 amide bonds. The van der Waals surface area contributed by atoms with E-state index < -0.39 is 0 Å². The molecule has 5 rings (SSSR count). The maximum absolute atomic E-state index is 5.30. The Balaban J connectivity index is 1.31. The average molecular weight is 455 g/mol. The molecule has 1 aliphatic heterocycles. The Morgan fingerprint density at radius 3 is 2.19 bits per heavy atom. The van der Waals surface area contributed by atoms with Crippen LogP contribution in [0.25, 0.3) is 5.69 Å². The van der Waals surface area contributed by atoms with Crippen molar-refractivity contribution < 1.29 is 0 Å². The van der Waals surface area contributed by atoms with Crippen LogP contribution in [0.5, 0.6) is 0 Å². The Bertz CT molecular complexity index is 1170. The average Bonchev–Trinajstić information content (AvgIpc) is 3.29. The lowest BCUT2D eigenvalue weighted by Gasteiger charge is -2.26. The van der Waals surface area contributed by atoms with Crippen molar-refractivity contribution in [3.05, 3.63) is 53.3 Å². The molecule has 2 atom stereocenters. The van der Waals surface area contributed by atoms with Crippen LogP contribution >= 0.6 is 24.4 Å². The Morgan fingerprint density at radius 1 is 0.968 bits per heavy atom. The topological polar surface area (TPSA) is 92.3 Å². The van der Waals surface area contributed by atoms with Crippen LogP contribution in [-0.4, -0.2) is 51.5 Å². The first-order valence-electron chi connectivity index (χ1n) is 9.80. The van der Waals surface area contributed by atoms with E-state index in [1.165, 1.54) is 0 Å². The van der Waals surface area contributed by atoms with E-state index in [4.69, 9.17) is 24.4 Å². The first kappa shape index (κ1) is 19.9. The van der Waals surface area contributed by atoms with Crippen LogP contribution in [0.3, 0.4) is 0 Å². The summed E-state index contributed by atoms with van der Waals surface area (Å²) in [6, 6.07) is 17.3. The molecule has 0 bridgehead atoms. The normalized spacial score (nSPS) is 19.9. The molecule has 1 aliphatic carbocycles. The van der Waals surface area contributed by atoms with Gasteiger partial charge in [-0.3, -0.25) is 5.43 Å². The molecule has 3 aromatic rings. The van der Waals surface area contributed by atoms with Crippen molar-refractivity contribution in [2.75, 3.05) is 28.9 Å². The second-order valence-electron chi connectivity index (χ2n) is 7.55. The highest BCUT2D eigenvalue weighted by atomic mass is 32.1. The molecule has 2 fully saturated rings. The second-order valence-corrected chi connectivity index (χ2v) is 8.30. The van der Waals surface area contributed by atoms with E-state index in [-0.39, 0.29) is 0 Å². The standard InChI is InChI=1S/C19H22N10S2/c1-26(12-5-3-7-14(9-12)28-18(30)20-22-24-28)16-11-17(16)27(2)13-6-4-8-15(10-13)29-19(31)21-23-25-29/h3-10,16-17,22,24H,11H2,1-2H3,(H,20,30)(H,21,25,31). The predicted molar refractivity (Wildman–Crippen MR) is 126 cm³/mol. The van der Waals surface area contributed by atoms with Gasteiger partial charge >= 0.3 is 0 Å². The van der Waals surface area contributed by atoms with Crippen molar-refractivity contribution in [3.63, 3.8) is 0 Å². The van der Waals surface area contributed by atoms with Crippen molar-refractivity contribution >= 4 is 46.6 Å². The van der Waals surface area contributed by atoms with Crippen LogP contribution < -0.4 is 31.3 Å². The third kappa shape index (κ3) is 3.74. The maximum Gasteiger partial charge on any atom is 0.242 e. The van der Waals surface area contributed by atoms with Crippen LogP contribution in [0.4, 0.5) is 17.1 Å². The van der Waals surface area contributed by atoms with Gasteiger partial charge in [0.1, 0.15) is 0 Å². The monoisotopic (exact) mass is 454 g/mol. The summed E-state index contributed by atoms with van der Waals surface area (Å²) in [4.78, 5) is 4.64. The van der Waals surface area contributed by atoms with Crippen molar-refractivity contribution in [1.29, 1.82) is 0 Å². The third-order valence-corrected chi connectivity index (χ3v) is 6.27. The Morgan fingerprint density at radius 2 is 1.61 bits per heavy atom. The van der Waals surface area contributed by atoms with Gasteiger partial charge in [0.05, 0.1) is 23.5 Å². The number of aromatic nitrogens is 4. The highest BCUT2D eigenvalue weighted by Gasteiger charge is 2.43. The summed E-state index contributed by atoms with van der Waals surface area (Å²) in [5, 5.41) is 12.8. The molecule has 4 N–H and O–H groups in total. The lowest BCUT2D eigenvalue weighted by Crippen LogP contribution is -2.37. The van der Waals surface area contributed by atoms with Gasteiger partial charge in [0.25, 0.3) is 0 Å². The fraction of sp³-hybridized carbons (Fsp3) is 0.263. The maximum atomic E-state index is 5.30. The summed E-state index contributed by atoms with van der Waals surface area (Å²) < 4.78 is 2.09. The molecule has 2 aromatic carbocycles. The summed E-state index contributed by atoms with van der Waals surface area (Å²) in [5.41, 5.74) is 12.8. The molecule has 10 nitrogen and oxygen atoms in total. The zero-order chi connectivity index (χ0) is 21.5. The molecule has 0 radical (unpaired) electrons. The number of nitrogens with one attached hydrogen (secondary N) is 4. The molecule has 1 saturated carbocycles. The van der Waals surface area contributed by atoms with E-state index in [2.05, 4.69) is 80.2 Å². The van der Waals surface area contributed by atoms with Crippen LogP contribution in [0.15, 0.2) is 48.5 Å². The highest BCUT2D eigenvalue weighted by Crippen LogP contribution is 2.38. The van der Waals surface area contributed by atoms with Gasteiger partial charge in [-0.05, 0) is 67.3 Å². The largest absolute Gasteiger partial charge is 0.369 e. The number of likely N-dealkylation sites (N-methyl/N-ethyl adjacent to an activating group) is 2. The number of rotatable bonds is 6. The molecule has 2 unspecified atom stereocenters. The highest BCUT2D eigenvalue weighted by molar-refractivity contribution is 7.80. The van der Waals surface area contributed by atoms with Crippen LogP contribution in [0.1, 0.15) is 6.42 Å². The number of benzene rings is 2. The summed E-state index contributed by atoms with van der Waals surface area (Å²) in [5.74, 6) is 0. The molecular weight excluding hydrogens is 432 g/mol. The Kier molecular flexibility index (Phi) is 5.06. The predicted octanol–water partition coefficient (Wildman–Crippen LogP) is 1.66. The SMILES string of the molecule is CN(c1cccc(N2NNNC2=S)c1)C1CC1N(C)c1cccc(-n2[nH]nnc2=S)c1. The number of thiocarbonyl (C=S) groups is 1. The van der Waals surface area contributed by atoms with Crippen molar-refractivity contribution in [3.8, 4) is 5.69 Å². The molecule has 0 spiro atoms. The smallest absolute Gasteiger partial charge is 0.242 e. The van der Waals surface area contributed by atoms with Gasteiger partial charge in [-0.1, -0.05) is 22.4 Å². The van der Waals surface area contributed by atoms with E-state index in [0.717, 1.165) is 29.2 Å². The van der Waals surface area contributed by atoms with Crippen LogP contribution in [0.2, 0.25) is 0 Å². The van der Waals surface area contributed by atoms with Gasteiger partial charge in [-0.2, -0.15) is 10.7 Å². The van der Waals surface area contributed by atoms with Gasteiger partial charge in [-0.25, -0.2) is 9.69 Å². The fourth-order valence-electron chi connectivity index (χ4n) is 3.88. The number of aromatic amines is 1. The number of hydrogen-bond acceptors (Lipinski definition) is 8. The lowest BCUT2D eigenvalue weighted by atomic mass is 10.2. The van der Waals surface area contributed by atoms with E-state index in [1.54, 1.807) is 9.69 Å². The van der Waals surface area contributed by atoms with E-state index >= 15 is 0 Å². The van der Waals surface area contributed by atoms with Gasteiger partial charge in [0, 0.05) is 25.5 Å². The van der Waals surface area contributed by atoms with Crippen LogP contribution in [-0.2, 0) is 0 Å². The zero-order valence-electron chi connectivity index (χ0n) is 17.0. The summed E-state index contributed by atoms with van der Waals surface area (Å²) in [6.07, 6.45) is 1.08. The summed E-state index contributed by atoms with van der Waals surface area (Å²) >= 11 is 10.5. The van der Waals surface area contributed by atoms with Crippen molar-refractivity contribution in [2.24, 2.45) is 0 Å². The Hall–Kier alpha value is -3.06. The second kappa shape index (κ2) is 7.89. The molecule has 31 heavy (non-hydrogen) atoms. The fourth-order valence-corrected chi connectivity index (χ4v) is 4.27. The van der Waals surface area contributed by atoms with Crippen molar-refractivity contribution in [2.45, 2.75) is 18.5 Å². The van der Waals surface area contributed by atoms with Gasteiger partial charge in [0.15, 0.2) is 0 Å². The quantitative estimate of drug-likeness (QED) is 0.412. The molecule has 160 valence electrons. The third-order valence-electron chi connectivity index (χ3n) is 5.72. The minimum absolute atomic E-state index is 0.404. The molecule has 2 heterocycles. The van der Waals surface area contributed by atoms with E-state index in [1.807, 2.05) is 24.3 Å². The summed E-state index contributed by atoms with van der Waals surface area (Å²) in [7, 11) is 4.26. The molecule has 1 saturated heterocycles. The number of hydrogen-bond donors (Lipinski definition) is 4. The molecule has 2 aliphatic rings. The Labute approximate surface area is 189 Å². The first-order chi connectivity index (χ1) is 15.0. The zero-order valence-corrected chi connectivity index (χ0v) is 18.6. The number of nitrogens with zero attached hydrogens (tertiary/aromatic N) is 6. The first-order valence-corrected chi connectivity index (χ1v) is 10.6. The summed E-state index contributed by atoms with van der Waals surface area (Å²) in [6.45, 7) is 0.